The monoisotopic (exact) mass is 168 g/mol. The molecule has 0 N–H and O–H groups in total. The molecule has 0 bridgehead atoms. The van der Waals surface area contributed by atoms with Crippen LogP contribution in [0.3, 0.4) is 0 Å². The summed E-state index contributed by atoms with van der Waals surface area (Å²) >= 11 is 0. The van der Waals surface area contributed by atoms with Crippen molar-refractivity contribution in [3.8, 4) is 11.5 Å². The highest BCUT2D eigenvalue weighted by atomic mass is 19.1. The van der Waals surface area contributed by atoms with E-state index in [1.807, 2.05) is 13.8 Å². The van der Waals surface area contributed by atoms with Crippen LogP contribution < -0.4 is 9.47 Å². The van der Waals surface area contributed by atoms with Gasteiger partial charge < -0.3 is 9.47 Å². The topological polar surface area (TPSA) is 18.5 Å². The Kier molecular flexibility index (Phi) is 1.46. The van der Waals surface area contributed by atoms with E-state index in [1.54, 1.807) is 0 Å². The Balaban J connectivity index is 2.69. The van der Waals surface area contributed by atoms with Gasteiger partial charge in [0.05, 0.1) is 0 Å². The molecule has 0 aromatic heterocycles. The van der Waals surface area contributed by atoms with E-state index >= 15 is 0 Å². The van der Waals surface area contributed by atoms with E-state index in [0.717, 1.165) is 11.1 Å². The van der Waals surface area contributed by atoms with E-state index in [9.17, 15) is 4.39 Å². The highest BCUT2D eigenvalue weighted by molar-refractivity contribution is 5.51. The fourth-order valence-corrected chi connectivity index (χ4v) is 1.28. The molecule has 12 heavy (non-hydrogen) atoms. The van der Waals surface area contributed by atoms with Crippen LogP contribution >= 0.6 is 0 Å². The second-order valence-electron chi connectivity index (χ2n) is 2.87. The lowest BCUT2D eigenvalue weighted by atomic mass is 10.1. The normalized spacial score (nSPS) is 13.6. The molecule has 0 fully saturated rings. The molecule has 0 radical (unpaired) electrons. The third kappa shape index (κ3) is 0.858. The molecule has 1 aromatic rings. The van der Waals surface area contributed by atoms with E-state index in [0.29, 0.717) is 5.75 Å². The van der Waals surface area contributed by atoms with Crippen molar-refractivity contribution < 1.29 is 13.9 Å². The zero-order valence-corrected chi connectivity index (χ0v) is 6.98. The third-order valence-electron chi connectivity index (χ3n) is 2.10. The number of fused-ring (bicyclic) bond motifs is 1. The minimum atomic E-state index is -0.342. The molecule has 1 aliphatic heterocycles. The van der Waals surface area contributed by atoms with Crippen LogP contribution in [0.25, 0.3) is 0 Å². The fourth-order valence-electron chi connectivity index (χ4n) is 1.28. The van der Waals surface area contributed by atoms with Gasteiger partial charge in [-0.2, -0.15) is 0 Å². The van der Waals surface area contributed by atoms with Gasteiger partial charge in [-0.3, -0.25) is 0 Å². The third-order valence-corrected chi connectivity index (χ3v) is 2.10. The molecular weight excluding hydrogens is 159 g/mol. The maximum Gasteiger partial charge on any atom is 0.231 e. The second-order valence-corrected chi connectivity index (χ2v) is 2.87. The molecule has 1 aliphatic rings. The van der Waals surface area contributed by atoms with Gasteiger partial charge in [-0.1, -0.05) is 0 Å². The number of benzene rings is 1. The SMILES string of the molecule is Cc1cc(F)c2c(c1C)OCO2. The molecule has 1 heterocycles. The van der Waals surface area contributed by atoms with Crippen LogP contribution in [0.5, 0.6) is 11.5 Å². The first-order chi connectivity index (χ1) is 5.70. The lowest BCUT2D eigenvalue weighted by molar-refractivity contribution is 0.170. The molecule has 0 amide bonds. The lowest BCUT2D eigenvalue weighted by Crippen LogP contribution is -1.93. The van der Waals surface area contributed by atoms with Gasteiger partial charge in [-0.25, -0.2) is 4.39 Å². The van der Waals surface area contributed by atoms with Gasteiger partial charge >= 0.3 is 0 Å². The Morgan fingerprint density at radius 3 is 2.67 bits per heavy atom. The Morgan fingerprint density at radius 1 is 1.25 bits per heavy atom. The molecule has 3 heteroatoms. The Hall–Kier alpha value is -1.25. The first-order valence-corrected chi connectivity index (χ1v) is 3.75. The number of rotatable bonds is 0. The number of halogens is 1. The number of hydrogen-bond acceptors (Lipinski definition) is 2. The summed E-state index contributed by atoms with van der Waals surface area (Å²) in [6.07, 6.45) is 0. The van der Waals surface area contributed by atoms with Gasteiger partial charge in [0.2, 0.25) is 12.5 Å². The van der Waals surface area contributed by atoms with Crippen LogP contribution in [0.2, 0.25) is 0 Å². The Morgan fingerprint density at radius 2 is 1.92 bits per heavy atom. The maximum atomic E-state index is 13.1. The highest BCUT2D eigenvalue weighted by Crippen LogP contribution is 2.39. The summed E-state index contributed by atoms with van der Waals surface area (Å²) in [5.41, 5.74) is 1.83. The van der Waals surface area contributed by atoms with E-state index in [2.05, 4.69) is 0 Å². The van der Waals surface area contributed by atoms with E-state index in [4.69, 9.17) is 9.47 Å². The van der Waals surface area contributed by atoms with Crippen LogP contribution in [0, 0.1) is 19.7 Å². The first kappa shape index (κ1) is 7.40. The lowest BCUT2D eigenvalue weighted by Gasteiger charge is -2.04. The summed E-state index contributed by atoms with van der Waals surface area (Å²) in [6.45, 7) is 3.86. The summed E-state index contributed by atoms with van der Waals surface area (Å²) in [4.78, 5) is 0. The van der Waals surface area contributed by atoms with E-state index in [-0.39, 0.29) is 18.4 Å². The molecule has 0 spiro atoms. The number of hydrogen-bond donors (Lipinski definition) is 0. The average molecular weight is 168 g/mol. The van der Waals surface area contributed by atoms with Gasteiger partial charge in [0.25, 0.3) is 0 Å². The summed E-state index contributed by atoms with van der Waals surface area (Å²) < 4.78 is 23.2. The minimum absolute atomic E-state index is 0.122. The van der Waals surface area contributed by atoms with Crippen molar-refractivity contribution in [1.29, 1.82) is 0 Å². The molecule has 0 aliphatic carbocycles. The van der Waals surface area contributed by atoms with E-state index < -0.39 is 0 Å². The molecular formula is C9H9FO2. The van der Waals surface area contributed by atoms with Crippen LogP contribution in [0.1, 0.15) is 11.1 Å². The molecule has 2 rings (SSSR count). The van der Waals surface area contributed by atoms with Crippen molar-refractivity contribution >= 4 is 0 Å². The minimum Gasteiger partial charge on any atom is -0.453 e. The van der Waals surface area contributed by atoms with Gasteiger partial charge in [-0.05, 0) is 31.0 Å². The summed E-state index contributed by atoms with van der Waals surface area (Å²) in [7, 11) is 0. The van der Waals surface area contributed by atoms with Crippen LogP contribution in [0.15, 0.2) is 6.07 Å². The summed E-state index contributed by atoms with van der Waals surface area (Å²) in [6, 6.07) is 1.46. The van der Waals surface area contributed by atoms with Crippen molar-refractivity contribution in [2.45, 2.75) is 13.8 Å². The zero-order valence-electron chi connectivity index (χ0n) is 6.98. The first-order valence-electron chi connectivity index (χ1n) is 3.75. The van der Waals surface area contributed by atoms with Crippen molar-refractivity contribution in [3.05, 3.63) is 23.0 Å². The van der Waals surface area contributed by atoms with E-state index in [1.165, 1.54) is 6.07 Å². The predicted molar refractivity (Wildman–Crippen MR) is 42.0 cm³/mol. The second kappa shape index (κ2) is 2.37. The molecule has 64 valence electrons. The predicted octanol–water partition coefficient (Wildman–Crippen LogP) is 2.17. The van der Waals surface area contributed by atoms with Crippen LogP contribution in [-0.4, -0.2) is 6.79 Å². The number of aryl methyl sites for hydroxylation is 1. The standard InChI is InChI=1S/C9H9FO2/c1-5-3-7(10)9-8(6(5)2)11-4-12-9/h3H,4H2,1-2H3. The maximum absolute atomic E-state index is 13.1. The van der Waals surface area contributed by atoms with Crippen molar-refractivity contribution in [2.75, 3.05) is 6.79 Å². The van der Waals surface area contributed by atoms with Gasteiger partial charge in [0.15, 0.2) is 11.6 Å². The van der Waals surface area contributed by atoms with Crippen LogP contribution in [0.4, 0.5) is 4.39 Å². The van der Waals surface area contributed by atoms with Gasteiger partial charge in [0, 0.05) is 0 Å². The Bertz CT molecular complexity index is 334. The summed E-state index contributed by atoms with van der Waals surface area (Å²) in [5.74, 6) is 0.455. The molecule has 0 unspecified atom stereocenters. The van der Waals surface area contributed by atoms with Gasteiger partial charge in [0.1, 0.15) is 0 Å². The highest BCUT2D eigenvalue weighted by Gasteiger charge is 2.21. The van der Waals surface area contributed by atoms with Gasteiger partial charge in [-0.15, -0.1) is 0 Å². The molecule has 0 saturated carbocycles. The van der Waals surface area contributed by atoms with Crippen molar-refractivity contribution in [1.82, 2.24) is 0 Å². The largest absolute Gasteiger partial charge is 0.453 e. The average Bonchev–Trinajstić information content (AvgIpc) is 2.48. The van der Waals surface area contributed by atoms with Crippen molar-refractivity contribution in [3.63, 3.8) is 0 Å². The van der Waals surface area contributed by atoms with Crippen LogP contribution in [-0.2, 0) is 0 Å². The molecule has 0 atom stereocenters. The summed E-state index contributed by atoms with van der Waals surface area (Å²) in [5, 5.41) is 0. The Labute approximate surface area is 69.9 Å². The zero-order chi connectivity index (χ0) is 8.72. The molecule has 1 aromatic carbocycles. The fraction of sp³-hybridized carbons (Fsp3) is 0.333. The number of ether oxygens (including phenoxy) is 2. The smallest absolute Gasteiger partial charge is 0.231 e. The molecule has 2 nitrogen and oxygen atoms in total. The quantitative estimate of drug-likeness (QED) is 0.591. The molecule has 0 saturated heterocycles. The van der Waals surface area contributed by atoms with Crippen molar-refractivity contribution in [2.24, 2.45) is 0 Å².